The summed E-state index contributed by atoms with van der Waals surface area (Å²) in [6, 6.07) is 57.8. The molecule has 0 saturated carbocycles. The summed E-state index contributed by atoms with van der Waals surface area (Å²) in [6.07, 6.45) is 0. The van der Waals surface area contributed by atoms with E-state index in [4.69, 9.17) is 4.42 Å². The Labute approximate surface area is 279 Å². The smallest absolute Gasteiger partial charge is 0.136 e. The number of thiophene rings is 1. The molecule has 0 atom stereocenters. The topological polar surface area (TPSA) is 13.1 Å². The van der Waals surface area contributed by atoms with Gasteiger partial charge in [0, 0.05) is 30.9 Å². The van der Waals surface area contributed by atoms with Crippen molar-refractivity contribution in [3.63, 3.8) is 0 Å². The molecule has 222 valence electrons. The molecular formula is C46H26OS. The molecule has 0 N–H and O–H groups in total. The molecule has 2 aromatic heterocycles. The van der Waals surface area contributed by atoms with Gasteiger partial charge in [0.25, 0.3) is 0 Å². The fraction of sp³-hybridized carbons (Fsp3) is 0. The van der Waals surface area contributed by atoms with Gasteiger partial charge in [-0.2, -0.15) is 0 Å². The lowest BCUT2D eigenvalue weighted by molar-refractivity contribution is 0.669. The van der Waals surface area contributed by atoms with E-state index in [0.29, 0.717) is 0 Å². The first-order valence-corrected chi connectivity index (χ1v) is 17.2. The zero-order valence-electron chi connectivity index (χ0n) is 25.8. The van der Waals surface area contributed by atoms with Crippen molar-refractivity contribution < 1.29 is 4.42 Å². The summed E-state index contributed by atoms with van der Waals surface area (Å²) in [6.45, 7) is 0. The molecule has 0 aliphatic heterocycles. The van der Waals surface area contributed by atoms with Gasteiger partial charge in [0.2, 0.25) is 0 Å². The van der Waals surface area contributed by atoms with Crippen LogP contribution in [0.2, 0.25) is 0 Å². The molecule has 9 aromatic carbocycles. The minimum atomic E-state index is 0.915. The van der Waals surface area contributed by atoms with Crippen molar-refractivity contribution in [3.05, 3.63) is 158 Å². The molecule has 0 bridgehead atoms. The average molecular weight is 627 g/mol. The Morgan fingerprint density at radius 3 is 1.79 bits per heavy atom. The Morgan fingerprint density at radius 2 is 1.00 bits per heavy atom. The zero-order chi connectivity index (χ0) is 31.3. The number of rotatable bonds is 2. The standard InChI is InChI=1S/C46H26OS/c1-3-11-32-27(9-1)23-28-10-2-4-12-33(28)45(32)37-21-20-31(34-13-5-6-14-35(34)37)29-17-19-38-42(24-29)47-41-22-18-30-25-44-40(26-39(30)46(38)41)36-15-7-8-16-43(36)48-44/h1-26H. The summed E-state index contributed by atoms with van der Waals surface area (Å²) in [5.74, 6) is 0. The molecule has 0 aliphatic rings. The molecule has 0 spiro atoms. The summed E-state index contributed by atoms with van der Waals surface area (Å²) in [7, 11) is 0. The van der Waals surface area contributed by atoms with Crippen LogP contribution in [0.25, 0.3) is 107 Å². The summed E-state index contributed by atoms with van der Waals surface area (Å²) in [4.78, 5) is 0. The second-order valence-corrected chi connectivity index (χ2v) is 13.9. The molecule has 0 unspecified atom stereocenters. The molecule has 1 nitrogen and oxygen atoms in total. The third-order valence-corrected chi connectivity index (χ3v) is 11.4. The van der Waals surface area contributed by atoms with E-state index in [-0.39, 0.29) is 0 Å². The molecule has 11 rings (SSSR count). The quantitative estimate of drug-likeness (QED) is 0.174. The van der Waals surface area contributed by atoms with Crippen LogP contribution in [0.15, 0.2) is 162 Å². The Kier molecular flexibility index (Phi) is 5.32. The highest BCUT2D eigenvalue weighted by Crippen LogP contribution is 2.44. The largest absolute Gasteiger partial charge is 0.456 e. The molecule has 2 heterocycles. The maximum Gasteiger partial charge on any atom is 0.136 e. The van der Waals surface area contributed by atoms with Crippen LogP contribution in [-0.2, 0) is 0 Å². The van der Waals surface area contributed by atoms with E-state index in [1.165, 1.54) is 85.3 Å². The van der Waals surface area contributed by atoms with Crippen molar-refractivity contribution in [3.8, 4) is 22.3 Å². The van der Waals surface area contributed by atoms with Crippen LogP contribution in [0.4, 0.5) is 0 Å². The van der Waals surface area contributed by atoms with Crippen LogP contribution in [0, 0.1) is 0 Å². The number of furan rings is 1. The van der Waals surface area contributed by atoms with Gasteiger partial charge in [-0.1, -0.05) is 115 Å². The molecule has 0 radical (unpaired) electrons. The van der Waals surface area contributed by atoms with E-state index in [2.05, 4.69) is 158 Å². The fourth-order valence-corrected chi connectivity index (χ4v) is 9.19. The fourth-order valence-electron chi connectivity index (χ4n) is 8.06. The first-order chi connectivity index (χ1) is 23.8. The van der Waals surface area contributed by atoms with Gasteiger partial charge in [0.1, 0.15) is 11.2 Å². The van der Waals surface area contributed by atoms with Gasteiger partial charge < -0.3 is 4.42 Å². The van der Waals surface area contributed by atoms with Gasteiger partial charge >= 0.3 is 0 Å². The normalized spacial score (nSPS) is 12.2. The molecule has 2 heteroatoms. The van der Waals surface area contributed by atoms with E-state index in [0.717, 1.165) is 22.1 Å². The Hall–Kier alpha value is -5.96. The van der Waals surface area contributed by atoms with Crippen LogP contribution in [0.1, 0.15) is 0 Å². The minimum absolute atomic E-state index is 0.915. The zero-order valence-corrected chi connectivity index (χ0v) is 26.6. The van der Waals surface area contributed by atoms with Crippen LogP contribution in [0.5, 0.6) is 0 Å². The first-order valence-electron chi connectivity index (χ1n) is 16.4. The highest BCUT2D eigenvalue weighted by Gasteiger charge is 2.17. The summed E-state index contributed by atoms with van der Waals surface area (Å²) < 4.78 is 9.26. The van der Waals surface area contributed by atoms with Crippen LogP contribution >= 0.6 is 11.3 Å². The first kappa shape index (κ1) is 26.1. The average Bonchev–Trinajstić information content (AvgIpc) is 3.70. The molecule has 0 aliphatic carbocycles. The van der Waals surface area contributed by atoms with Gasteiger partial charge in [0.15, 0.2) is 0 Å². The lowest BCUT2D eigenvalue weighted by Gasteiger charge is -2.16. The highest BCUT2D eigenvalue weighted by atomic mass is 32.1. The van der Waals surface area contributed by atoms with Crippen molar-refractivity contribution in [2.24, 2.45) is 0 Å². The Balaban J connectivity index is 1.13. The number of fused-ring (bicyclic) bond motifs is 11. The van der Waals surface area contributed by atoms with Gasteiger partial charge in [-0.25, -0.2) is 0 Å². The summed E-state index contributed by atoms with van der Waals surface area (Å²) >= 11 is 1.86. The Morgan fingerprint density at radius 1 is 0.354 bits per heavy atom. The Bertz CT molecular complexity index is 3070. The predicted octanol–water partition coefficient (Wildman–Crippen LogP) is 13.9. The van der Waals surface area contributed by atoms with Crippen molar-refractivity contribution in [2.45, 2.75) is 0 Å². The second-order valence-electron chi connectivity index (χ2n) is 12.8. The van der Waals surface area contributed by atoms with Gasteiger partial charge in [-0.05, 0) is 108 Å². The highest BCUT2D eigenvalue weighted by molar-refractivity contribution is 7.25. The molecular weight excluding hydrogens is 601 g/mol. The SMILES string of the molecule is c1ccc2c(-c3ccc(-c4ccc5c(c4)oc4ccc6cc7sc8ccccc8c7cc6c45)c4ccccc34)c3ccccc3cc2c1. The van der Waals surface area contributed by atoms with Crippen molar-refractivity contribution in [2.75, 3.05) is 0 Å². The molecule has 0 amide bonds. The van der Waals surface area contributed by atoms with Crippen molar-refractivity contribution in [1.29, 1.82) is 0 Å². The maximum atomic E-state index is 6.61. The number of hydrogen-bond donors (Lipinski definition) is 0. The van der Waals surface area contributed by atoms with E-state index >= 15 is 0 Å². The molecule has 0 fully saturated rings. The molecule has 11 aromatic rings. The van der Waals surface area contributed by atoms with Gasteiger partial charge in [-0.3, -0.25) is 0 Å². The maximum absolute atomic E-state index is 6.61. The number of benzene rings is 9. The van der Waals surface area contributed by atoms with Crippen molar-refractivity contribution in [1.82, 2.24) is 0 Å². The molecule has 48 heavy (non-hydrogen) atoms. The molecule has 0 saturated heterocycles. The lowest BCUT2D eigenvalue weighted by atomic mass is 9.87. The van der Waals surface area contributed by atoms with Crippen LogP contribution < -0.4 is 0 Å². The van der Waals surface area contributed by atoms with E-state index in [1.54, 1.807) is 0 Å². The van der Waals surface area contributed by atoms with Crippen LogP contribution in [0.3, 0.4) is 0 Å². The van der Waals surface area contributed by atoms with E-state index in [1.807, 2.05) is 11.3 Å². The minimum Gasteiger partial charge on any atom is -0.456 e. The third kappa shape index (κ3) is 3.66. The van der Waals surface area contributed by atoms with Crippen LogP contribution in [-0.4, -0.2) is 0 Å². The lowest BCUT2D eigenvalue weighted by Crippen LogP contribution is -1.89. The predicted molar refractivity (Wildman–Crippen MR) is 208 cm³/mol. The number of hydrogen-bond acceptors (Lipinski definition) is 2. The van der Waals surface area contributed by atoms with Crippen molar-refractivity contribution >= 4 is 96.5 Å². The summed E-state index contributed by atoms with van der Waals surface area (Å²) in [5, 5.41) is 15.0. The van der Waals surface area contributed by atoms with Gasteiger partial charge in [-0.15, -0.1) is 11.3 Å². The third-order valence-electron chi connectivity index (χ3n) is 10.2. The monoisotopic (exact) mass is 626 g/mol. The van der Waals surface area contributed by atoms with Gasteiger partial charge in [0.05, 0.1) is 0 Å². The summed E-state index contributed by atoms with van der Waals surface area (Å²) in [5.41, 5.74) is 6.75. The van der Waals surface area contributed by atoms with E-state index in [9.17, 15) is 0 Å². The second kappa shape index (κ2) is 9.78. The van der Waals surface area contributed by atoms with E-state index < -0.39 is 0 Å².